The lowest BCUT2D eigenvalue weighted by atomic mass is 9.98. The maximum Gasteiger partial charge on any atom is 0.251 e. The molecule has 1 saturated heterocycles. The number of amides is 2. The van der Waals surface area contributed by atoms with Crippen molar-refractivity contribution in [2.75, 3.05) is 26.8 Å². The molecule has 2 aromatic rings. The minimum absolute atomic E-state index is 0.00372. The van der Waals surface area contributed by atoms with Gasteiger partial charge in [-0.15, -0.1) is 11.3 Å². The number of ether oxygens (including phenoxy) is 1. The Morgan fingerprint density at radius 3 is 2.96 bits per heavy atom. The Bertz CT molecular complexity index is 802. The summed E-state index contributed by atoms with van der Waals surface area (Å²) in [6.45, 7) is 1.38. The maximum absolute atomic E-state index is 12.7. The summed E-state index contributed by atoms with van der Waals surface area (Å²) in [5.41, 5.74) is 3.34. The average Bonchev–Trinajstić information content (AvgIpc) is 3.19. The normalized spacial score (nSPS) is 23.2. The number of likely N-dealkylation sites (tertiary alicyclic amines) is 1. The standard InChI is InChI=1S/C18H21N3O3S/c1-24-9-17(22)21-7-13(11-2-3-11)15(8-21)20-18(23)12-4-5-14-16(6-12)25-10-19-14/h4-6,10-11,13,15H,2-3,7-9H2,1H3,(H,20,23). The summed E-state index contributed by atoms with van der Waals surface area (Å²) in [6, 6.07) is 5.59. The van der Waals surface area contributed by atoms with Gasteiger partial charge in [-0.05, 0) is 37.0 Å². The zero-order valence-electron chi connectivity index (χ0n) is 14.1. The second-order valence-corrected chi connectivity index (χ2v) is 7.73. The van der Waals surface area contributed by atoms with Gasteiger partial charge in [0, 0.05) is 31.7 Å². The van der Waals surface area contributed by atoms with Crippen molar-refractivity contribution in [3.63, 3.8) is 0 Å². The van der Waals surface area contributed by atoms with Crippen LogP contribution in [0, 0.1) is 11.8 Å². The molecule has 6 nitrogen and oxygen atoms in total. The molecular weight excluding hydrogens is 338 g/mol. The maximum atomic E-state index is 12.7. The first kappa shape index (κ1) is 16.5. The molecule has 1 aromatic carbocycles. The highest BCUT2D eigenvalue weighted by atomic mass is 32.1. The molecule has 2 atom stereocenters. The molecule has 1 aromatic heterocycles. The third kappa shape index (κ3) is 3.39. The second kappa shape index (κ2) is 6.72. The van der Waals surface area contributed by atoms with E-state index in [-0.39, 0.29) is 24.5 Å². The number of carbonyl (C=O) groups excluding carboxylic acids is 2. The first-order valence-corrected chi connectivity index (χ1v) is 9.44. The molecule has 1 aliphatic heterocycles. The second-order valence-electron chi connectivity index (χ2n) is 6.85. The summed E-state index contributed by atoms with van der Waals surface area (Å²) in [6.07, 6.45) is 2.38. The van der Waals surface area contributed by atoms with Crippen LogP contribution in [0.15, 0.2) is 23.7 Å². The minimum atomic E-state index is -0.0769. The molecule has 1 saturated carbocycles. The number of carbonyl (C=O) groups is 2. The molecule has 0 bridgehead atoms. The fraction of sp³-hybridized carbons (Fsp3) is 0.500. The molecule has 2 amide bonds. The molecule has 2 fully saturated rings. The molecule has 0 radical (unpaired) electrons. The van der Waals surface area contributed by atoms with Gasteiger partial charge in [-0.25, -0.2) is 4.98 Å². The van der Waals surface area contributed by atoms with Crippen LogP contribution in [0.5, 0.6) is 0 Å². The number of nitrogens with zero attached hydrogens (tertiary/aromatic N) is 2. The Labute approximate surface area is 150 Å². The lowest BCUT2D eigenvalue weighted by Crippen LogP contribution is -2.41. The van der Waals surface area contributed by atoms with Crippen molar-refractivity contribution in [2.45, 2.75) is 18.9 Å². The van der Waals surface area contributed by atoms with Crippen molar-refractivity contribution in [3.8, 4) is 0 Å². The van der Waals surface area contributed by atoms with Crippen LogP contribution in [0.1, 0.15) is 23.2 Å². The van der Waals surface area contributed by atoms with E-state index >= 15 is 0 Å². The van der Waals surface area contributed by atoms with Gasteiger partial charge < -0.3 is 15.0 Å². The van der Waals surface area contributed by atoms with Crippen molar-refractivity contribution >= 4 is 33.4 Å². The van der Waals surface area contributed by atoms with Crippen molar-refractivity contribution < 1.29 is 14.3 Å². The van der Waals surface area contributed by atoms with Gasteiger partial charge in [0.05, 0.1) is 21.8 Å². The van der Waals surface area contributed by atoms with Gasteiger partial charge in [-0.1, -0.05) is 0 Å². The van der Waals surface area contributed by atoms with Crippen LogP contribution in [0.3, 0.4) is 0 Å². The van der Waals surface area contributed by atoms with Crippen molar-refractivity contribution in [1.29, 1.82) is 0 Å². The number of hydrogen-bond donors (Lipinski definition) is 1. The smallest absolute Gasteiger partial charge is 0.251 e. The van der Waals surface area contributed by atoms with E-state index in [0.29, 0.717) is 30.5 Å². The zero-order valence-corrected chi connectivity index (χ0v) is 14.9. The van der Waals surface area contributed by atoms with Gasteiger partial charge in [0.1, 0.15) is 6.61 Å². The summed E-state index contributed by atoms with van der Waals surface area (Å²) in [5, 5.41) is 3.16. The highest BCUT2D eigenvalue weighted by Crippen LogP contribution is 2.41. The Hall–Kier alpha value is -1.99. The lowest BCUT2D eigenvalue weighted by molar-refractivity contribution is -0.134. The van der Waals surface area contributed by atoms with Gasteiger partial charge in [-0.3, -0.25) is 9.59 Å². The van der Waals surface area contributed by atoms with Crippen molar-refractivity contribution in [2.24, 2.45) is 11.8 Å². The number of rotatable bonds is 5. The van der Waals surface area contributed by atoms with Gasteiger partial charge in [0.25, 0.3) is 5.91 Å². The van der Waals surface area contributed by atoms with Crippen molar-refractivity contribution in [3.05, 3.63) is 29.3 Å². The summed E-state index contributed by atoms with van der Waals surface area (Å²) in [4.78, 5) is 30.9. The minimum Gasteiger partial charge on any atom is -0.375 e. The number of hydrogen-bond acceptors (Lipinski definition) is 5. The molecule has 2 aliphatic rings. The number of aromatic nitrogens is 1. The predicted octanol–water partition coefficient (Wildman–Crippen LogP) is 1.91. The summed E-state index contributed by atoms with van der Waals surface area (Å²) >= 11 is 1.53. The van der Waals surface area contributed by atoms with E-state index in [2.05, 4.69) is 10.3 Å². The van der Waals surface area contributed by atoms with Gasteiger partial charge in [-0.2, -0.15) is 0 Å². The van der Waals surface area contributed by atoms with E-state index in [1.807, 2.05) is 23.1 Å². The molecule has 2 heterocycles. The van der Waals surface area contributed by atoms with E-state index < -0.39 is 0 Å². The van der Waals surface area contributed by atoms with Crippen LogP contribution in [-0.2, 0) is 9.53 Å². The topological polar surface area (TPSA) is 71.5 Å². The molecule has 132 valence electrons. The Balaban J connectivity index is 1.47. The summed E-state index contributed by atoms with van der Waals surface area (Å²) in [5.74, 6) is 0.884. The summed E-state index contributed by atoms with van der Waals surface area (Å²) in [7, 11) is 1.53. The largest absolute Gasteiger partial charge is 0.375 e. The van der Waals surface area contributed by atoms with Crippen LogP contribution in [-0.4, -0.2) is 54.5 Å². The average molecular weight is 359 g/mol. The van der Waals surface area contributed by atoms with Crippen LogP contribution >= 0.6 is 11.3 Å². The molecule has 7 heteroatoms. The molecule has 4 rings (SSSR count). The third-order valence-electron chi connectivity index (χ3n) is 5.12. The van der Waals surface area contributed by atoms with Crippen molar-refractivity contribution in [1.82, 2.24) is 15.2 Å². The van der Waals surface area contributed by atoms with Crippen LogP contribution in [0.2, 0.25) is 0 Å². The highest BCUT2D eigenvalue weighted by molar-refractivity contribution is 7.16. The van der Waals surface area contributed by atoms with Crippen LogP contribution < -0.4 is 5.32 Å². The Morgan fingerprint density at radius 2 is 2.20 bits per heavy atom. The quantitative estimate of drug-likeness (QED) is 0.885. The number of thiazole rings is 1. The Kier molecular flexibility index (Phi) is 4.43. The highest BCUT2D eigenvalue weighted by Gasteiger charge is 2.44. The summed E-state index contributed by atoms with van der Waals surface area (Å²) < 4.78 is 5.97. The fourth-order valence-electron chi connectivity index (χ4n) is 3.65. The predicted molar refractivity (Wildman–Crippen MR) is 95.5 cm³/mol. The van der Waals surface area contributed by atoms with E-state index in [1.165, 1.54) is 31.3 Å². The molecule has 0 spiro atoms. The van der Waals surface area contributed by atoms with Crippen LogP contribution in [0.25, 0.3) is 10.2 Å². The van der Waals surface area contributed by atoms with Crippen LogP contribution in [0.4, 0.5) is 0 Å². The van der Waals surface area contributed by atoms with E-state index in [9.17, 15) is 9.59 Å². The zero-order chi connectivity index (χ0) is 17.4. The number of nitrogens with one attached hydrogen (secondary N) is 1. The Morgan fingerprint density at radius 1 is 1.36 bits per heavy atom. The van der Waals surface area contributed by atoms with E-state index in [0.717, 1.165) is 10.2 Å². The van der Waals surface area contributed by atoms with E-state index in [4.69, 9.17) is 4.74 Å². The number of benzene rings is 1. The SMILES string of the molecule is COCC(=O)N1CC(NC(=O)c2ccc3ncsc3c2)C(C2CC2)C1. The van der Waals surface area contributed by atoms with Gasteiger partial charge in [0.2, 0.25) is 5.91 Å². The molecule has 2 unspecified atom stereocenters. The molecular formula is C18H21N3O3S. The molecule has 1 aliphatic carbocycles. The molecule has 1 N–H and O–H groups in total. The fourth-order valence-corrected chi connectivity index (χ4v) is 4.37. The lowest BCUT2D eigenvalue weighted by Gasteiger charge is -2.19. The number of fused-ring (bicyclic) bond motifs is 1. The first-order chi connectivity index (χ1) is 12.2. The van der Waals surface area contributed by atoms with Gasteiger partial charge >= 0.3 is 0 Å². The number of methoxy groups -OCH3 is 1. The van der Waals surface area contributed by atoms with Gasteiger partial charge in [0.15, 0.2) is 0 Å². The first-order valence-electron chi connectivity index (χ1n) is 8.56. The monoisotopic (exact) mass is 359 g/mol. The third-order valence-corrected chi connectivity index (χ3v) is 5.91. The van der Waals surface area contributed by atoms with E-state index in [1.54, 1.807) is 5.51 Å². The molecule has 25 heavy (non-hydrogen) atoms.